The van der Waals surface area contributed by atoms with Gasteiger partial charge in [0.1, 0.15) is 0 Å². The molecule has 0 saturated carbocycles. The molecule has 0 saturated heterocycles. The Labute approximate surface area is 55.6 Å². The number of hydrogen-bond donors (Lipinski definition) is 0. The zero-order valence-corrected chi connectivity index (χ0v) is 5.91. The molecule has 0 fully saturated rings. The van der Waals surface area contributed by atoms with Crippen LogP contribution in [0, 0.1) is 6.92 Å². The molecule has 5 heavy (non-hydrogen) atoms. The van der Waals surface area contributed by atoms with Crippen molar-refractivity contribution in [3.05, 3.63) is 19.1 Å². The van der Waals surface area contributed by atoms with E-state index in [0.717, 1.165) is 5.57 Å². The number of allylic oxidation sites excluding steroid dienone is 1. The minimum atomic E-state index is 0. The summed E-state index contributed by atoms with van der Waals surface area (Å²) in [6, 6.07) is 0. The predicted molar refractivity (Wildman–Crippen MR) is 20.2 cm³/mol. The SMILES string of the molecule is C=C([CH2-])C.[Na+]. The maximum atomic E-state index is 3.44. The van der Waals surface area contributed by atoms with Crippen molar-refractivity contribution in [3.8, 4) is 0 Å². The molecule has 0 aromatic carbocycles. The van der Waals surface area contributed by atoms with E-state index in [-0.39, 0.29) is 29.6 Å². The topological polar surface area (TPSA) is 0 Å². The second-order valence-corrected chi connectivity index (χ2v) is 0.957. The maximum Gasteiger partial charge on any atom is 1.00 e. The van der Waals surface area contributed by atoms with Crippen molar-refractivity contribution >= 4 is 0 Å². The maximum absolute atomic E-state index is 3.44. The first-order valence-corrected chi connectivity index (χ1v) is 1.21. The minimum Gasteiger partial charge on any atom is -0.242 e. The molecule has 0 amide bonds. The Morgan fingerprint density at radius 2 is 1.80 bits per heavy atom. The van der Waals surface area contributed by atoms with Crippen molar-refractivity contribution in [1.29, 1.82) is 0 Å². The van der Waals surface area contributed by atoms with Crippen LogP contribution < -0.4 is 29.6 Å². The summed E-state index contributed by atoms with van der Waals surface area (Å²) in [7, 11) is 0. The first-order valence-electron chi connectivity index (χ1n) is 1.21. The summed E-state index contributed by atoms with van der Waals surface area (Å²) in [6.45, 7) is 8.75. The molecule has 0 bridgehead atoms. The van der Waals surface area contributed by atoms with Gasteiger partial charge < -0.3 is 0 Å². The van der Waals surface area contributed by atoms with Gasteiger partial charge in [-0.15, -0.1) is 0 Å². The molecule has 0 aliphatic carbocycles. The second-order valence-electron chi connectivity index (χ2n) is 0.957. The monoisotopic (exact) mass is 78.0 g/mol. The fourth-order valence-electron chi connectivity index (χ4n) is 0. The van der Waals surface area contributed by atoms with E-state index in [2.05, 4.69) is 13.5 Å². The van der Waals surface area contributed by atoms with Crippen LogP contribution in [0.15, 0.2) is 12.2 Å². The Bertz CT molecular complexity index is 26.6. The van der Waals surface area contributed by atoms with Gasteiger partial charge in [-0.05, 0) is 0 Å². The van der Waals surface area contributed by atoms with E-state index in [9.17, 15) is 0 Å². The Kier molecular flexibility index (Phi) is 8.43. The molecular formula is C4H7Na. The third-order valence-electron chi connectivity index (χ3n) is 0. The van der Waals surface area contributed by atoms with Crippen LogP contribution in [0.5, 0.6) is 0 Å². The van der Waals surface area contributed by atoms with Crippen molar-refractivity contribution in [2.45, 2.75) is 6.92 Å². The quantitative estimate of drug-likeness (QED) is 0.242. The van der Waals surface area contributed by atoms with Crippen LogP contribution in [0.3, 0.4) is 0 Å². The summed E-state index contributed by atoms with van der Waals surface area (Å²) < 4.78 is 0. The largest absolute Gasteiger partial charge is 1.00 e. The van der Waals surface area contributed by atoms with Gasteiger partial charge in [-0.2, -0.15) is 0 Å². The molecule has 0 N–H and O–H groups in total. The van der Waals surface area contributed by atoms with E-state index in [4.69, 9.17) is 0 Å². The van der Waals surface area contributed by atoms with Gasteiger partial charge in [0.25, 0.3) is 0 Å². The van der Waals surface area contributed by atoms with Gasteiger partial charge in [-0.1, -0.05) is 6.92 Å². The molecule has 0 spiro atoms. The van der Waals surface area contributed by atoms with Gasteiger partial charge in [-0.25, -0.2) is 19.1 Å². The van der Waals surface area contributed by atoms with Gasteiger partial charge in [0.2, 0.25) is 0 Å². The summed E-state index contributed by atoms with van der Waals surface area (Å²) in [6.07, 6.45) is 0. The summed E-state index contributed by atoms with van der Waals surface area (Å²) in [5.41, 5.74) is 0.917. The third kappa shape index (κ3) is 84.4. The molecule has 0 radical (unpaired) electrons. The fourth-order valence-corrected chi connectivity index (χ4v) is 0. The normalized spacial score (nSPS) is 5.00. The zero-order chi connectivity index (χ0) is 3.58. The molecule has 0 aliphatic heterocycles. The average Bonchev–Trinajstić information content (AvgIpc) is 0.811. The van der Waals surface area contributed by atoms with Crippen LogP contribution in [-0.4, -0.2) is 0 Å². The van der Waals surface area contributed by atoms with Crippen LogP contribution in [0.2, 0.25) is 0 Å². The van der Waals surface area contributed by atoms with Crippen molar-refractivity contribution in [2.24, 2.45) is 0 Å². The standard InChI is InChI=1S/C4H7.Na/c1-4(2)3;/h1-2H2,3H3;/q-1;+1. The molecule has 0 atom stereocenters. The van der Waals surface area contributed by atoms with E-state index in [0.29, 0.717) is 0 Å². The van der Waals surface area contributed by atoms with Crippen LogP contribution in [0.4, 0.5) is 0 Å². The summed E-state index contributed by atoms with van der Waals surface area (Å²) >= 11 is 0. The van der Waals surface area contributed by atoms with Crippen molar-refractivity contribution in [3.63, 3.8) is 0 Å². The van der Waals surface area contributed by atoms with Crippen LogP contribution in [0.1, 0.15) is 6.92 Å². The van der Waals surface area contributed by atoms with E-state index in [1.807, 2.05) is 6.92 Å². The van der Waals surface area contributed by atoms with Gasteiger partial charge in [0, 0.05) is 0 Å². The van der Waals surface area contributed by atoms with E-state index in [1.54, 1.807) is 0 Å². The molecule has 0 rings (SSSR count). The smallest absolute Gasteiger partial charge is 0.242 e. The molecule has 0 aliphatic rings. The van der Waals surface area contributed by atoms with Gasteiger partial charge in [0.15, 0.2) is 0 Å². The van der Waals surface area contributed by atoms with Crippen LogP contribution in [0.25, 0.3) is 0 Å². The molecule has 0 aromatic rings. The van der Waals surface area contributed by atoms with Gasteiger partial charge in [0.05, 0.1) is 0 Å². The van der Waals surface area contributed by atoms with Crippen molar-refractivity contribution in [2.75, 3.05) is 0 Å². The minimum absolute atomic E-state index is 0. The Hall–Kier alpha value is 0.610. The summed E-state index contributed by atoms with van der Waals surface area (Å²) in [5, 5.41) is 0. The van der Waals surface area contributed by atoms with Gasteiger partial charge >= 0.3 is 29.6 Å². The Morgan fingerprint density at radius 1 is 1.80 bits per heavy atom. The van der Waals surface area contributed by atoms with E-state index >= 15 is 0 Å². The molecule has 0 nitrogen and oxygen atoms in total. The summed E-state index contributed by atoms with van der Waals surface area (Å²) in [5.74, 6) is 0. The van der Waals surface area contributed by atoms with Crippen LogP contribution >= 0.6 is 0 Å². The van der Waals surface area contributed by atoms with Crippen LogP contribution in [-0.2, 0) is 0 Å². The molecule has 0 aromatic heterocycles. The molecule has 1 heteroatoms. The number of rotatable bonds is 0. The summed E-state index contributed by atoms with van der Waals surface area (Å²) in [4.78, 5) is 0. The Balaban J connectivity index is 0. The second kappa shape index (κ2) is 4.61. The molecule has 24 valence electrons. The molecular weight excluding hydrogens is 71.0 g/mol. The Morgan fingerprint density at radius 3 is 1.80 bits per heavy atom. The van der Waals surface area contributed by atoms with E-state index < -0.39 is 0 Å². The van der Waals surface area contributed by atoms with E-state index in [1.165, 1.54) is 0 Å². The first kappa shape index (κ1) is 9.15. The average molecular weight is 78.1 g/mol. The third-order valence-corrected chi connectivity index (χ3v) is 0. The first-order chi connectivity index (χ1) is 1.73. The fraction of sp³-hybridized carbons (Fsp3) is 0.250. The van der Waals surface area contributed by atoms with Crippen molar-refractivity contribution in [1.82, 2.24) is 0 Å². The predicted octanol–water partition coefficient (Wildman–Crippen LogP) is -1.60. The van der Waals surface area contributed by atoms with Gasteiger partial charge in [-0.3, -0.25) is 0 Å². The molecule has 0 unspecified atom stereocenters. The molecule has 0 heterocycles. The van der Waals surface area contributed by atoms with Crippen molar-refractivity contribution < 1.29 is 29.6 Å². The zero-order valence-electron chi connectivity index (χ0n) is 3.91. The number of hydrogen-bond acceptors (Lipinski definition) is 0.